The maximum absolute atomic E-state index is 13.7. The Balaban J connectivity index is 1.43. The maximum atomic E-state index is 13.7. The van der Waals surface area contributed by atoms with E-state index in [4.69, 9.17) is 14.1 Å². The molecule has 1 aliphatic rings. The van der Waals surface area contributed by atoms with Crippen LogP contribution in [-0.2, 0) is 21.3 Å². The van der Waals surface area contributed by atoms with Crippen molar-refractivity contribution < 1.29 is 22.4 Å². The van der Waals surface area contributed by atoms with Gasteiger partial charge >= 0.3 is 0 Å². The van der Waals surface area contributed by atoms with E-state index < -0.39 is 10.0 Å². The second-order valence-electron chi connectivity index (χ2n) is 9.27. The largest absolute Gasteiger partial charge is 0.467 e. The summed E-state index contributed by atoms with van der Waals surface area (Å²) in [6.45, 7) is 5.23. The van der Waals surface area contributed by atoms with Gasteiger partial charge in [-0.2, -0.15) is 4.31 Å². The van der Waals surface area contributed by atoms with Crippen LogP contribution in [0.15, 0.2) is 64.1 Å². The predicted molar refractivity (Wildman–Crippen MR) is 144 cm³/mol. The summed E-state index contributed by atoms with van der Waals surface area (Å²) in [6, 6.07) is 13.7. The van der Waals surface area contributed by atoms with Crippen molar-refractivity contribution in [1.82, 2.24) is 9.29 Å². The van der Waals surface area contributed by atoms with Crippen LogP contribution in [0.1, 0.15) is 40.1 Å². The topological polar surface area (TPSA) is 93.0 Å². The van der Waals surface area contributed by atoms with Crippen molar-refractivity contribution in [3.63, 3.8) is 0 Å². The maximum Gasteiger partial charge on any atom is 0.260 e. The summed E-state index contributed by atoms with van der Waals surface area (Å²) >= 11 is 1.44. The van der Waals surface area contributed by atoms with Gasteiger partial charge in [-0.25, -0.2) is 13.4 Å². The van der Waals surface area contributed by atoms with E-state index >= 15 is 0 Å². The standard InChI is InChI=1S/C27H29N3O5S2/c1-18-8-13-24-25(19(18)2)28-27(36-24)30(17-22-7-5-15-35-22)26(31)20-9-11-23(12-10-20)37(32,33)29(3)16-21-6-4-14-34-21/h5,7-13,15,21H,4,6,14,16-17H2,1-3H3. The van der Waals surface area contributed by atoms with E-state index in [1.807, 2.05) is 32.0 Å². The smallest absolute Gasteiger partial charge is 0.260 e. The van der Waals surface area contributed by atoms with Crippen LogP contribution >= 0.6 is 11.3 Å². The Bertz CT molecular complexity index is 1510. The summed E-state index contributed by atoms with van der Waals surface area (Å²) in [4.78, 5) is 20.2. The number of furan rings is 1. The zero-order valence-corrected chi connectivity index (χ0v) is 22.6. The van der Waals surface area contributed by atoms with Gasteiger partial charge in [0.15, 0.2) is 5.13 Å². The van der Waals surface area contributed by atoms with Crippen LogP contribution in [0.4, 0.5) is 5.13 Å². The SMILES string of the molecule is Cc1ccc2sc(N(Cc3ccco3)C(=O)c3ccc(S(=O)(=O)N(C)CC4CCCO4)cc3)nc2c1C. The van der Waals surface area contributed by atoms with Crippen LogP contribution in [0, 0.1) is 13.8 Å². The van der Waals surface area contributed by atoms with Gasteiger partial charge in [-0.15, -0.1) is 0 Å². The molecule has 1 fully saturated rings. The van der Waals surface area contributed by atoms with Crippen molar-refractivity contribution in [3.8, 4) is 0 Å². The fourth-order valence-corrected chi connectivity index (χ4v) is 6.62. The second-order valence-corrected chi connectivity index (χ2v) is 12.3. The molecule has 8 nitrogen and oxygen atoms in total. The summed E-state index contributed by atoms with van der Waals surface area (Å²) in [7, 11) is -2.15. The van der Waals surface area contributed by atoms with E-state index in [9.17, 15) is 13.2 Å². The highest BCUT2D eigenvalue weighted by Crippen LogP contribution is 2.33. The van der Waals surface area contributed by atoms with Crippen LogP contribution in [0.3, 0.4) is 0 Å². The monoisotopic (exact) mass is 539 g/mol. The average Bonchev–Trinajstić information content (AvgIpc) is 3.67. The molecule has 5 rings (SSSR count). The molecule has 1 unspecified atom stereocenters. The summed E-state index contributed by atoms with van der Waals surface area (Å²) in [6.07, 6.45) is 3.27. The van der Waals surface area contributed by atoms with E-state index in [0.717, 1.165) is 34.2 Å². The normalized spacial score (nSPS) is 16.1. The lowest BCUT2D eigenvalue weighted by Gasteiger charge is -2.21. The zero-order valence-electron chi connectivity index (χ0n) is 21.0. The molecule has 4 aromatic rings. The van der Waals surface area contributed by atoms with E-state index in [-0.39, 0.29) is 23.5 Å². The van der Waals surface area contributed by atoms with Crippen molar-refractivity contribution in [1.29, 1.82) is 0 Å². The Morgan fingerprint density at radius 2 is 1.92 bits per heavy atom. The lowest BCUT2D eigenvalue weighted by molar-refractivity contribution is 0.0978. The van der Waals surface area contributed by atoms with E-state index in [1.54, 1.807) is 36.4 Å². The first-order valence-corrected chi connectivity index (χ1v) is 14.4. The van der Waals surface area contributed by atoms with E-state index in [2.05, 4.69) is 0 Å². The highest BCUT2D eigenvalue weighted by molar-refractivity contribution is 7.89. The van der Waals surface area contributed by atoms with Crippen LogP contribution < -0.4 is 4.90 Å². The van der Waals surface area contributed by atoms with Crippen LogP contribution in [-0.4, -0.2) is 49.9 Å². The van der Waals surface area contributed by atoms with Gasteiger partial charge in [-0.3, -0.25) is 9.69 Å². The molecule has 0 saturated carbocycles. The Kier molecular flexibility index (Phi) is 7.17. The van der Waals surface area contributed by atoms with Gasteiger partial charge < -0.3 is 9.15 Å². The van der Waals surface area contributed by atoms with Gasteiger partial charge in [-0.1, -0.05) is 17.4 Å². The predicted octanol–water partition coefficient (Wildman–Crippen LogP) is 5.15. The van der Waals surface area contributed by atoms with E-state index in [1.165, 1.54) is 27.8 Å². The van der Waals surface area contributed by atoms with Gasteiger partial charge in [-0.05, 0) is 80.3 Å². The number of ether oxygens (including phenoxy) is 1. The van der Waals surface area contributed by atoms with Crippen molar-refractivity contribution in [2.45, 2.75) is 44.2 Å². The molecule has 0 spiro atoms. The number of thiazole rings is 1. The highest BCUT2D eigenvalue weighted by Gasteiger charge is 2.27. The molecule has 2 aromatic carbocycles. The highest BCUT2D eigenvalue weighted by atomic mass is 32.2. The molecule has 1 amide bonds. The van der Waals surface area contributed by atoms with Gasteiger partial charge in [0.05, 0.1) is 34.0 Å². The minimum atomic E-state index is -3.71. The average molecular weight is 540 g/mol. The van der Waals surface area contributed by atoms with Crippen molar-refractivity contribution in [2.75, 3.05) is 25.1 Å². The number of aromatic nitrogens is 1. The number of rotatable bonds is 8. The first-order valence-electron chi connectivity index (χ1n) is 12.1. The first-order chi connectivity index (χ1) is 17.7. The number of hydrogen-bond donors (Lipinski definition) is 0. The molecule has 1 aliphatic heterocycles. The Labute approximate surface area is 220 Å². The first kappa shape index (κ1) is 25.6. The van der Waals surface area contributed by atoms with Crippen molar-refractivity contribution in [3.05, 3.63) is 77.2 Å². The lowest BCUT2D eigenvalue weighted by Crippen LogP contribution is -2.34. The van der Waals surface area contributed by atoms with E-state index in [0.29, 0.717) is 29.6 Å². The minimum absolute atomic E-state index is 0.0861. The zero-order chi connectivity index (χ0) is 26.2. The van der Waals surface area contributed by atoms with Crippen LogP contribution in [0.25, 0.3) is 10.2 Å². The van der Waals surface area contributed by atoms with Gasteiger partial charge in [0.2, 0.25) is 10.0 Å². The fourth-order valence-electron chi connectivity index (χ4n) is 4.39. The van der Waals surface area contributed by atoms with Crippen molar-refractivity contribution >= 4 is 42.6 Å². The van der Waals surface area contributed by atoms with Gasteiger partial charge in [0.1, 0.15) is 5.76 Å². The molecule has 0 aliphatic carbocycles. The third-order valence-corrected chi connectivity index (χ3v) is 9.62. The molecule has 194 valence electrons. The molecule has 10 heteroatoms. The van der Waals surface area contributed by atoms with Gasteiger partial charge in [0, 0.05) is 25.8 Å². The number of amides is 1. The third kappa shape index (κ3) is 5.19. The summed E-state index contributed by atoms with van der Waals surface area (Å²) < 4.78 is 39.6. The Morgan fingerprint density at radius 1 is 1.14 bits per heavy atom. The quantitative estimate of drug-likeness (QED) is 0.307. The molecule has 3 heterocycles. The number of likely N-dealkylation sites (N-methyl/N-ethyl adjacent to an activating group) is 1. The number of anilines is 1. The minimum Gasteiger partial charge on any atom is -0.467 e. The third-order valence-electron chi connectivity index (χ3n) is 6.74. The summed E-state index contributed by atoms with van der Waals surface area (Å²) in [5.41, 5.74) is 3.44. The number of aryl methyl sites for hydroxylation is 2. The van der Waals surface area contributed by atoms with Crippen molar-refractivity contribution in [2.24, 2.45) is 0 Å². The molecule has 1 saturated heterocycles. The molecule has 0 bridgehead atoms. The molecule has 2 aromatic heterocycles. The Hall–Kier alpha value is -3.05. The summed E-state index contributed by atoms with van der Waals surface area (Å²) in [5, 5.41) is 0.554. The molecular formula is C27H29N3O5S2. The number of carbonyl (C=O) groups excluding carboxylic acids is 1. The lowest BCUT2D eigenvalue weighted by atomic mass is 10.1. The molecule has 1 atom stereocenters. The number of nitrogens with zero attached hydrogens (tertiary/aromatic N) is 3. The van der Waals surface area contributed by atoms with Crippen LogP contribution in [0.5, 0.6) is 0 Å². The molecular weight excluding hydrogens is 510 g/mol. The number of hydrogen-bond acceptors (Lipinski definition) is 7. The Morgan fingerprint density at radius 3 is 2.59 bits per heavy atom. The number of benzene rings is 2. The molecule has 0 radical (unpaired) electrons. The number of sulfonamides is 1. The number of fused-ring (bicyclic) bond motifs is 1. The van der Waals surface area contributed by atoms with Gasteiger partial charge in [0.25, 0.3) is 5.91 Å². The fraction of sp³-hybridized carbons (Fsp3) is 0.333. The summed E-state index contributed by atoms with van der Waals surface area (Å²) in [5.74, 6) is 0.331. The molecule has 37 heavy (non-hydrogen) atoms. The van der Waals surface area contributed by atoms with Crippen LogP contribution in [0.2, 0.25) is 0 Å². The second kappa shape index (κ2) is 10.4. The molecule has 0 N–H and O–H groups in total. The number of carbonyl (C=O) groups is 1.